The molecule has 0 aromatic heterocycles. The summed E-state index contributed by atoms with van der Waals surface area (Å²) < 4.78 is 0. The van der Waals surface area contributed by atoms with Crippen molar-refractivity contribution >= 4 is 0 Å². The van der Waals surface area contributed by atoms with Gasteiger partial charge in [0, 0.05) is 0 Å². The Morgan fingerprint density at radius 2 is 1.62 bits per heavy atom. The molecule has 0 N–H and O–H groups in total. The average molecular weight is 395 g/mol. The summed E-state index contributed by atoms with van der Waals surface area (Å²) in [6.45, 7) is 17.3. The van der Waals surface area contributed by atoms with Crippen molar-refractivity contribution in [2.75, 3.05) is 0 Å². The predicted octanol–water partition coefficient (Wildman–Crippen LogP) is 8.61. The normalized spacial score (nSPS) is 46.7. The number of hydrogen-bond acceptors (Lipinski definition) is 0. The SMILES string of the molecule is CC(C)=C/C=C/[C@@H](C)[C@H]1CC[C@H]2[C@@H]3C=CC4C(C)(C)CCC[C@]4(C)[C@H]3CC[C@]12C. The second-order valence-electron chi connectivity index (χ2n) is 12.7. The first kappa shape index (κ1) is 21.5. The van der Waals surface area contributed by atoms with E-state index in [0.717, 1.165) is 29.6 Å². The molecule has 0 saturated heterocycles. The molecule has 0 bridgehead atoms. The third kappa shape index (κ3) is 3.41. The summed E-state index contributed by atoms with van der Waals surface area (Å²) in [5, 5.41) is 0. The zero-order chi connectivity index (χ0) is 21.0. The topological polar surface area (TPSA) is 0 Å². The summed E-state index contributed by atoms with van der Waals surface area (Å²) >= 11 is 0. The molecule has 0 spiro atoms. The lowest BCUT2D eigenvalue weighted by molar-refractivity contribution is -0.0927. The van der Waals surface area contributed by atoms with Crippen LogP contribution in [0, 0.1) is 51.8 Å². The lowest BCUT2D eigenvalue weighted by Gasteiger charge is -2.61. The van der Waals surface area contributed by atoms with E-state index in [1.807, 2.05) is 0 Å². The lowest BCUT2D eigenvalue weighted by Crippen LogP contribution is -2.54. The van der Waals surface area contributed by atoms with Gasteiger partial charge in [0.2, 0.25) is 0 Å². The first-order chi connectivity index (χ1) is 13.6. The quantitative estimate of drug-likeness (QED) is 0.332. The van der Waals surface area contributed by atoms with Crippen molar-refractivity contribution in [1.82, 2.24) is 0 Å². The fourth-order valence-corrected chi connectivity index (χ4v) is 8.96. The van der Waals surface area contributed by atoms with Gasteiger partial charge in [-0.1, -0.05) is 77.0 Å². The van der Waals surface area contributed by atoms with Gasteiger partial charge in [-0.15, -0.1) is 0 Å². The number of hydrogen-bond donors (Lipinski definition) is 0. The highest BCUT2D eigenvalue weighted by Crippen LogP contribution is 2.68. The first-order valence-corrected chi connectivity index (χ1v) is 12.6. The maximum atomic E-state index is 2.73. The summed E-state index contributed by atoms with van der Waals surface area (Å²) in [5.74, 6) is 5.01. The molecule has 4 aliphatic rings. The van der Waals surface area contributed by atoms with E-state index in [1.54, 1.807) is 0 Å². The first-order valence-electron chi connectivity index (χ1n) is 12.6. The fraction of sp³-hybridized carbons (Fsp3) is 0.793. The Balaban J connectivity index is 1.59. The van der Waals surface area contributed by atoms with Gasteiger partial charge in [0.25, 0.3) is 0 Å². The van der Waals surface area contributed by atoms with E-state index in [0.29, 0.717) is 22.2 Å². The Labute approximate surface area is 181 Å². The van der Waals surface area contributed by atoms with E-state index >= 15 is 0 Å². The number of fused-ring (bicyclic) bond motifs is 5. The van der Waals surface area contributed by atoms with E-state index in [9.17, 15) is 0 Å². The molecule has 4 rings (SSSR count). The van der Waals surface area contributed by atoms with E-state index in [4.69, 9.17) is 0 Å². The standard InChI is InChI=1S/C29H46/c1-20(2)10-8-11-21(3)23-13-14-24-22-12-15-26-27(4,5)17-9-18-29(26,7)25(22)16-19-28(23,24)6/h8,10-12,15,21-26H,9,13-14,16-19H2,1-7H3/b11-8+/t21-,22+,23-,24+,25+,26?,28-,29-/m1/s1. The minimum Gasteiger partial charge on any atom is -0.0845 e. The molecule has 0 aromatic rings. The van der Waals surface area contributed by atoms with E-state index in [2.05, 4.69) is 78.8 Å². The van der Waals surface area contributed by atoms with Gasteiger partial charge in [-0.3, -0.25) is 0 Å². The highest BCUT2D eigenvalue weighted by molar-refractivity contribution is 5.20. The van der Waals surface area contributed by atoms with E-state index in [-0.39, 0.29) is 0 Å². The monoisotopic (exact) mass is 394 g/mol. The molecule has 0 heteroatoms. The van der Waals surface area contributed by atoms with Crippen LogP contribution in [0.5, 0.6) is 0 Å². The smallest absolute Gasteiger partial charge is 0.0125 e. The summed E-state index contributed by atoms with van der Waals surface area (Å²) in [6.07, 6.45) is 22.7. The molecular weight excluding hydrogens is 348 g/mol. The minimum absolute atomic E-state index is 0.484. The maximum Gasteiger partial charge on any atom is -0.0125 e. The van der Waals surface area contributed by atoms with Crippen molar-refractivity contribution in [2.45, 2.75) is 93.4 Å². The summed E-state index contributed by atoms with van der Waals surface area (Å²) in [7, 11) is 0. The van der Waals surface area contributed by atoms with Crippen molar-refractivity contribution in [3.05, 3.63) is 36.0 Å². The van der Waals surface area contributed by atoms with Crippen LogP contribution in [0.15, 0.2) is 36.0 Å². The van der Waals surface area contributed by atoms with Crippen molar-refractivity contribution in [3.63, 3.8) is 0 Å². The van der Waals surface area contributed by atoms with Crippen molar-refractivity contribution in [2.24, 2.45) is 51.8 Å². The molecule has 0 aromatic carbocycles. The van der Waals surface area contributed by atoms with Crippen molar-refractivity contribution < 1.29 is 0 Å². The summed E-state index contributed by atoms with van der Waals surface area (Å²) in [5.41, 5.74) is 2.95. The third-order valence-electron chi connectivity index (χ3n) is 10.3. The highest BCUT2D eigenvalue weighted by Gasteiger charge is 2.60. The van der Waals surface area contributed by atoms with Gasteiger partial charge in [-0.25, -0.2) is 0 Å². The van der Waals surface area contributed by atoms with Crippen molar-refractivity contribution in [3.8, 4) is 0 Å². The highest BCUT2D eigenvalue weighted by atomic mass is 14.6. The molecule has 1 unspecified atom stereocenters. The molecule has 162 valence electrons. The zero-order valence-electron chi connectivity index (χ0n) is 20.3. The minimum atomic E-state index is 0.484. The zero-order valence-corrected chi connectivity index (χ0v) is 20.3. The maximum absolute atomic E-state index is 2.73. The van der Waals surface area contributed by atoms with Crippen LogP contribution in [0.4, 0.5) is 0 Å². The molecular formula is C29H46. The Bertz CT molecular complexity index is 702. The van der Waals surface area contributed by atoms with Crippen LogP contribution < -0.4 is 0 Å². The Hall–Kier alpha value is -0.780. The molecule has 8 atom stereocenters. The van der Waals surface area contributed by atoms with Crippen LogP contribution in [-0.4, -0.2) is 0 Å². The second kappa shape index (κ2) is 7.42. The molecule has 0 amide bonds. The van der Waals surface area contributed by atoms with Gasteiger partial charge in [0.15, 0.2) is 0 Å². The second-order valence-corrected chi connectivity index (χ2v) is 12.7. The lowest BCUT2D eigenvalue weighted by atomic mass is 9.43. The van der Waals surface area contributed by atoms with E-state index in [1.165, 1.54) is 50.5 Å². The Morgan fingerprint density at radius 1 is 0.897 bits per heavy atom. The number of rotatable bonds is 3. The molecule has 3 fully saturated rings. The van der Waals surface area contributed by atoms with E-state index < -0.39 is 0 Å². The molecule has 0 nitrogen and oxygen atoms in total. The molecule has 29 heavy (non-hydrogen) atoms. The Kier molecular flexibility index (Phi) is 5.49. The van der Waals surface area contributed by atoms with Gasteiger partial charge in [0.05, 0.1) is 0 Å². The van der Waals surface area contributed by atoms with Crippen LogP contribution >= 0.6 is 0 Å². The van der Waals surface area contributed by atoms with Gasteiger partial charge < -0.3 is 0 Å². The predicted molar refractivity (Wildman–Crippen MR) is 127 cm³/mol. The Morgan fingerprint density at radius 3 is 2.34 bits per heavy atom. The van der Waals surface area contributed by atoms with Gasteiger partial charge in [-0.2, -0.15) is 0 Å². The molecule has 3 saturated carbocycles. The fourth-order valence-electron chi connectivity index (χ4n) is 8.96. The summed E-state index contributed by atoms with van der Waals surface area (Å²) in [6, 6.07) is 0. The van der Waals surface area contributed by atoms with Crippen LogP contribution in [0.25, 0.3) is 0 Å². The van der Waals surface area contributed by atoms with Crippen molar-refractivity contribution in [1.29, 1.82) is 0 Å². The third-order valence-corrected chi connectivity index (χ3v) is 10.3. The molecule has 0 heterocycles. The molecule has 0 aliphatic heterocycles. The van der Waals surface area contributed by atoms with Crippen LogP contribution in [0.2, 0.25) is 0 Å². The summed E-state index contributed by atoms with van der Waals surface area (Å²) in [4.78, 5) is 0. The molecule has 0 radical (unpaired) electrons. The largest absolute Gasteiger partial charge is 0.0845 e. The van der Waals surface area contributed by atoms with Crippen LogP contribution in [0.1, 0.15) is 93.4 Å². The molecule has 4 aliphatic carbocycles. The van der Waals surface area contributed by atoms with Gasteiger partial charge in [-0.05, 0) is 104 Å². The van der Waals surface area contributed by atoms with Gasteiger partial charge >= 0.3 is 0 Å². The van der Waals surface area contributed by atoms with Crippen LogP contribution in [0.3, 0.4) is 0 Å². The number of allylic oxidation sites excluding steroid dienone is 6. The van der Waals surface area contributed by atoms with Crippen LogP contribution in [-0.2, 0) is 0 Å². The average Bonchev–Trinajstić information content (AvgIpc) is 2.98. The van der Waals surface area contributed by atoms with Gasteiger partial charge in [0.1, 0.15) is 0 Å².